The predicted octanol–water partition coefficient (Wildman–Crippen LogP) is 5.38. The number of rotatable bonds is 7. The van der Waals surface area contributed by atoms with E-state index in [9.17, 15) is 9.90 Å². The van der Waals surface area contributed by atoms with Crippen molar-refractivity contribution in [1.82, 2.24) is 9.80 Å². The van der Waals surface area contributed by atoms with Crippen LogP contribution in [0.3, 0.4) is 0 Å². The third-order valence-corrected chi connectivity index (χ3v) is 7.96. The zero-order valence-electron chi connectivity index (χ0n) is 20.3. The molecular weight excluding hydrogens is 456 g/mol. The molecule has 1 N–H and O–H groups in total. The van der Waals surface area contributed by atoms with Crippen molar-refractivity contribution in [3.8, 4) is 5.75 Å². The fourth-order valence-corrected chi connectivity index (χ4v) is 6.03. The van der Waals surface area contributed by atoms with Crippen LogP contribution in [-0.2, 0) is 0 Å². The molecule has 35 heavy (non-hydrogen) atoms. The van der Waals surface area contributed by atoms with Crippen LogP contribution >= 0.6 is 11.3 Å². The van der Waals surface area contributed by atoms with Crippen LogP contribution in [0.25, 0.3) is 20.9 Å². The fraction of sp³-hybridized carbons (Fsp3) is 0.345. The van der Waals surface area contributed by atoms with Gasteiger partial charge in [0, 0.05) is 30.7 Å². The van der Waals surface area contributed by atoms with Gasteiger partial charge >= 0.3 is 0 Å². The van der Waals surface area contributed by atoms with E-state index < -0.39 is 6.10 Å². The smallest absolute Gasteiger partial charge is 0.263 e. The Morgan fingerprint density at radius 2 is 1.83 bits per heavy atom. The van der Waals surface area contributed by atoms with E-state index in [1.165, 1.54) is 27.7 Å². The molecule has 3 aromatic carbocycles. The number of carbonyl (C=O) groups is 1. The van der Waals surface area contributed by atoms with Crippen LogP contribution in [0, 0.1) is 0 Å². The summed E-state index contributed by atoms with van der Waals surface area (Å²) in [5.74, 6) is 1.27. The molecule has 0 saturated carbocycles. The first-order chi connectivity index (χ1) is 17.0. The highest BCUT2D eigenvalue weighted by atomic mass is 32.1. The molecule has 2 heterocycles. The van der Waals surface area contributed by atoms with Crippen molar-refractivity contribution in [2.24, 2.45) is 0 Å². The summed E-state index contributed by atoms with van der Waals surface area (Å²) in [4.78, 5) is 16.9. The highest BCUT2D eigenvalue weighted by molar-refractivity contribution is 7.20. The number of aliphatic hydroxyl groups excluding tert-OH is 1. The number of nitrogens with zero attached hydrogens (tertiary/aromatic N) is 2. The highest BCUT2D eigenvalue weighted by Gasteiger charge is 2.23. The van der Waals surface area contributed by atoms with E-state index in [1.54, 1.807) is 19.0 Å². The van der Waals surface area contributed by atoms with Gasteiger partial charge in [0.15, 0.2) is 0 Å². The molecule has 1 amide bonds. The largest absolute Gasteiger partial charge is 0.490 e. The van der Waals surface area contributed by atoms with Gasteiger partial charge in [-0.1, -0.05) is 48.5 Å². The molecular formula is C29H32N2O3S. The average molecular weight is 489 g/mol. The van der Waals surface area contributed by atoms with Gasteiger partial charge in [-0.05, 0) is 66.4 Å². The number of likely N-dealkylation sites (tertiary alicyclic amines) is 1. The maximum Gasteiger partial charge on any atom is 0.263 e. The van der Waals surface area contributed by atoms with Crippen LogP contribution in [0.1, 0.15) is 34.0 Å². The number of β-amino-alcohol motifs (C(OH)–C–C–N with tert-alkyl or cyclic N) is 1. The second-order valence-corrected chi connectivity index (χ2v) is 10.7. The fourth-order valence-electron chi connectivity index (χ4n) is 4.93. The highest BCUT2D eigenvalue weighted by Crippen LogP contribution is 2.34. The standard InChI is InChI=1S/C29H32N2O3S/c1-30(2)29(33)28-17-25-26(8-5-9-27(25)35-28)34-19-24(32)18-31-14-12-21(13-15-31)23-11-10-20-6-3-4-7-22(20)16-23/h3-11,16-17,21,24,32H,12-15,18-19H2,1-2H3/t24-/m0/s1. The summed E-state index contributed by atoms with van der Waals surface area (Å²) in [6.45, 7) is 2.79. The number of aliphatic hydroxyl groups is 1. The molecule has 5 nitrogen and oxygen atoms in total. The lowest BCUT2D eigenvalue weighted by Crippen LogP contribution is -2.40. The van der Waals surface area contributed by atoms with Crippen molar-refractivity contribution in [3.05, 3.63) is 77.2 Å². The van der Waals surface area contributed by atoms with E-state index in [1.807, 2.05) is 24.3 Å². The predicted molar refractivity (Wildman–Crippen MR) is 144 cm³/mol. The Kier molecular flexibility index (Phi) is 7.04. The molecule has 182 valence electrons. The van der Waals surface area contributed by atoms with E-state index >= 15 is 0 Å². The van der Waals surface area contributed by atoms with Crippen molar-refractivity contribution in [1.29, 1.82) is 0 Å². The number of fused-ring (bicyclic) bond motifs is 2. The van der Waals surface area contributed by atoms with Crippen molar-refractivity contribution >= 4 is 38.1 Å². The molecule has 1 aliphatic rings. The Morgan fingerprint density at radius 1 is 1.06 bits per heavy atom. The molecule has 0 unspecified atom stereocenters. The summed E-state index contributed by atoms with van der Waals surface area (Å²) in [5, 5.41) is 14.2. The lowest BCUT2D eigenvalue weighted by molar-refractivity contribution is 0.0599. The quantitative estimate of drug-likeness (QED) is 0.380. The van der Waals surface area contributed by atoms with Crippen molar-refractivity contribution in [2.45, 2.75) is 24.9 Å². The first-order valence-corrected chi connectivity index (χ1v) is 13.1. The molecule has 1 saturated heterocycles. The molecule has 1 aliphatic heterocycles. The van der Waals surface area contributed by atoms with Gasteiger partial charge in [-0.3, -0.25) is 4.79 Å². The molecule has 0 spiro atoms. The van der Waals surface area contributed by atoms with Gasteiger partial charge in [0.2, 0.25) is 0 Å². The summed E-state index contributed by atoms with van der Waals surface area (Å²) >= 11 is 1.47. The maximum absolute atomic E-state index is 12.3. The van der Waals surface area contributed by atoms with Gasteiger partial charge in [0.05, 0.1) is 4.88 Å². The number of carbonyl (C=O) groups excluding carboxylic acids is 1. The molecule has 0 bridgehead atoms. The minimum atomic E-state index is -0.566. The average Bonchev–Trinajstić information content (AvgIpc) is 3.32. The minimum Gasteiger partial charge on any atom is -0.490 e. The normalized spacial score (nSPS) is 16.0. The molecule has 1 aromatic heterocycles. The van der Waals surface area contributed by atoms with Crippen LogP contribution in [0.4, 0.5) is 0 Å². The molecule has 0 radical (unpaired) electrons. The number of amides is 1. The van der Waals surface area contributed by atoms with Crippen molar-refractivity contribution in [2.75, 3.05) is 40.3 Å². The first-order valence-electron chi connectivity index (χ1n) is 12.2. The van der Waals surface area contributed by atoms with Gasteiger partial charge in [-0.15, -0.1) is 11.3 Å². The molecule has 5 rings (SSSR count). The molecule has 0 aliphatic carbocycles. The molecule has 1 atom stereocenters. The Bertz CT molecular complexity index is 1320. The summed E-state index contributed by atoms with van der Waals surface area (Å²) < 4.78 is 7.02. The number of thiophene rings is 1. The van der Waals surface area contributed by atoms with Crippen LogP contribution in [0.5, 0.6) is 5.75 Å². The van der Waals surface area contributed by atoms with E-state index in [0.29, 0.717) is 23.1 Å². The third-order valence-electron chi connectivity index (χ3n) is 6.87. The number of ether oxygens (including phenoxy) is 1. The maximum atomic E-state index is 12.3. The lowest BCUT2D eigenvalue weighted by Gasteiger charge is -2.33. The van der Waals surface area contributed by atoms with Gasteiger partial charge in [0.1, 0.15) is 18.5 Å². The van der Waals surface area contributed by atoms with Crippen molar-refractivity contribution in [3.63, 3.8) is 0 Å². The van der Waals surface area contributed by atoms with Gasteiger partial charge < -0.3 is 19.6 Å². The summed E-state index contributed by atoms with van der Waals surface area (Å²) in [6, 6.07) is 23.1. The Labute approximate surface area is 210 Å². The third kappa shape index (κ3) is 5.35. The second kappa shape index (κ2) is 10.4. The molecule has 1 fully saturated rings. The van der Waals surface area contributed by atoms with E-state index in [-0.39, 0.29) is 12.5 Å². The summed E-state index contributed by atoms with van der Waals surface area (Å²) in [6.07, 6.45) is 1.63. The van der Waals surface area contributed by atoms with Crippen molar-refractivity contribution < 1.29 is 14.6 Å². The lowest BCUT2D eigenvalue weighted by atomic mass is 9.88. The molecule has 4 aromatic rings. The Balaban J connectivity index is 1.15. The van der Waals surface area contributed by atoms with Crippen LogP contribution in [0.15, 0.2) is 66.7 Å². The van der Waals surface area contributed by atoms with Gasteiger partial charge in [-0.2, -0.15) is 0 Å². The topological polar surface area (TPSA) is 53.0 Å². The van der Waals surface area contributed by atoms with E-state index in [0.717, 1.165) is 36.0 Å². The summed E-state index contributed by atoms with van der Waals surface area (Å²) in [7, 11) is 3.51. The van der Waals surface area contributed by atoms with Crippen LogP contribution < -0.4 is 4.74 Å². The Morgan fingerprint density at radius 3 is 2.60 bits per heavy atom. The van der Waals surface area contributed by atoms with Crippen LogP contribution in [0.2, 0.25) is 0 Å². The second-order valence-electron chi connectivity index (χ2n) is 9.62. The zero-order valence-corrected chi connectivity index (χ0v) is 21.1. The zero-order chi connectivity index (χ0) is 24.4. The monoisotopic (exact) mass is 488 g/mol. The number of benzene rings is 3. The molecule has 6 heteroatoms. The van der Waals surface area contributed by atoms with Gasteiger partial charge in [-0.25, -0.2) is 0 Å². The van der Waals surface area contributed by atoms with E-state index in [2.05, 4.69) is 47.4 Å². The first kappa shape index (κ1) is 23.8. The number of piperidine rings is 1. The SMILES string of the molecule is CN(C)C(=O)c1cc2c(OC[C@@H](O)CN3CCC(c4ccc5ccccc5c4)CC3)cccc2s1. The van der Waals surface area contributed by atoms with Gasteiger partial charge in [0.25, 0.3) is 5.91 Å². The van der Waals surface area contributed by atoms with E-state index in [4.69, 9.17) is 4.74 Å². The number of hydrogen-bond donors (Lipinski definition) is 1. The Hall–Kier alpha value is -2.93. The number of hydrogen-bond acceptors (Lipinski definition) is 5. The summed E-state index contributed by atoms with van der Waals surface area (Å²) in [5.41, 5.74) is 1.42. The van der Waals surface area contributed by atoms with Crippen LogP contribution in [-0.4, -0.2) is 67.3 Å². The minimum absolute atomic E-state index is 0.00993.